The molecule has 1 amide bonds. The van der Waals surface area contributed by atoms with Gasteiger partial charge in [-0.1, -0.05) is 19.3 Å². The van der Waals surface area contributed by atoms with Crippen LogP contribution in [-0.2, 0) is 4.79 Å². The first-order valence-electron chi connectivity index (χ1n) is 7.44. The third-order valence-corrected chi connectivity index (χ3v) is 4.26. The summed E-state index contributed by atoms with van der Waals surface area (Å²) in [6.45, 7) is 1.58. The summed E-state index contributed by atoms with van der Waals surface area (Å²) in [6.07, 6.45) is 9.27. The van der Waals surface area contributed by atoms with E-state index in [9.17, 15) is 4.79 Å². The van der Waals surface area contributed by atoms with Crippen molar-refractivity contribution in [1.29, 1.82) is 0 Å². The van der Waals surface area contributed by atoms with Crippen molar-refractivity contribution in [2.24, 2.45) is 0 Å². The zero-order valence-electron chi connectivity index (χ0n) is 11.2. The predicted molar refractivity (Wildman–Crippen MR) is 71.3 cm³/mol. The number of hydrogen-bond donors (Lipinski definition) is 2. The van der Waals surface area contributed by atoms with Gasteiger partial charge in [0.05, 0.1) is 6.54 Å². The summed E-state index contributed by atoms with van der Waals surface area (Å²) in [5, 5.41) is 12.1. The second-order valence-electron chi connectivity index (χ2n) is 5.68. The highest BCUT2D eigenvalue weighted by Crippen LogP contribution is 2.24. The minimum absolute atomic E-state index is 0.173. The molecule has 2 fully saturated rings. The van der Waals surface area contributed by atoms with Crippen LogP contribution in [-0.4, -0.2) is 47.7 Å². The molecular weight excluding hydrogens is 228 g/mol. The molecule has 0 aromatic rings. The van der Waals surface area contributed by atoms with Crippen LogP contribution in [0, 0.1) is 0 Å². The summed E-state index contributed by atoms with van der Waals surface area (Å²) in [7, 11) is 0. The Morgan fingerprint density at radius 2 is 1.89 bits per heavy atom. The first-order chi connectivity index (χ1) is 8.79. The van der Waals surface area contributed by atoms with Crippen LogP contribution in [0.15, 0.2) is 0 Å². The Morgan fingerprint density at radius 3 is 2.44 bits per heavy atom. The minimum atomic E-state index is 0.173. The quantitative estimate of drug-likeness (QED) is 0.719. The van der Waals surface area contributed by atoms with Crippen LogP contribution in [0.4, 0.5) is 0 Å². The number of amides is 1. The molecule has 0 unspecified atom stereocenters. The average molecular weight is 254 g/mol. The van der Waals surface area contributed by atoms with Gasteiger partial charge in [-0.2, -0.15) is 0 Å². The van der Waals surface area contributed by atoms with E-state index in [1.807, 2.05) is 0 Å². The number of hydrogen-bond acceptors (Lipinski definition) is 3. The van der Waals surface area contributed by atoms with Gasteiger partial charge in [-0.05, 0) is 32.1 Å². The van der Waals surface area contributed by atoms with Crippen molar-refractivity contribution in [1.82, 2.24) is 10.2 Å². The number of rotatable bonds is 7. The van der Waals surface area contributed by atoms with Crippen LogP contribution in [0.5, 0.6) is 0 Å². The largest absolute Gasteiger partial charge is 0.396 e. The van der Waals surface area contributed by atoms with Gasteiger partial charge in [0.1, 0.15) is 0 Å². The fourth-order valence-corrected chi connectivity index (χ4v) is 2.94. The third kappa shape index (κ3) is 3.95. The Morgan fingerprint density at radius 1 is 1.17 bits per heavy atom. The summed E-state index contributed by atoms with van der Waals surface area (Å²) in [4.78, 5) is 14.3. The summed E-state index contributed by atoms with van der Waals surface area (Å²) in [5.41, 5.74) is 0. The Hall–Kier alpha value is -0.610. The van der Waals surface area contributed by atoms with Gasteiger partial charge < -0.3 is 10.4 Å². The van der Waals surface area contributed by atoms with Gasteiger partial charge in [-0.15, -0.1) is 0 Å². The zero-order chi connectivity index (χ0) is 12.8. The van der Waals surface area contributed by atoms with Crippen molar-refractivity contribution in [2.75, 3.05) is 19.7 Å². The van der Waals surface area contributed by atoms with E-state index in [-0.39, 0.29) is 12.5 Å². The molecule has 0 aromatic carbocycles. The van der Waals surface area contributed by atoms with Crippen LogP contribution in [0.3, 0.4) is 0 Å². The third-order valence-electron chi connectivity index (χ3n) is 4.26. The molecule has 0 spiro atoms. The van der Waals surface area contributed by atoms with E-state index in [2.05, 4.69) is 10.2 Å². The zero-order valence-corrected chi connectivity index (χ0v) is 11.2. The molecule has 2 rings (SSSR count). The lowest BCUT2D eigenvalue weighted by Crippen LogP contribution is -2.48. The molecule has 4 heteroatoms. The molecule has 0 heterocycles. The Labute approximate surface area is 110 Å². The van der Waals surface area contributed by atoms with E-state index < -0.39 is 0 Å². The van der Waals surface area contributed by atoms with Gasteiger partial charge in [-0.25, -0.2) is 0 Å². The summed E-state index contributed by atoms with van der Waals surface area (Å²) >= 11 is 0. The van der Waals surface area contributed by atoms with Crippen molar-refractivity contribution < 1.29 is 9.90 Å². The van der Waals surface area contributed by atoms with E-state index in [1.54, 1.807) is 0 Å². The fourth-order valence-electron chi connectivity index (χ4n) is 2.94. The molecule has 104 valence electrons. The van der Waals surface area contributed by atoms with Gasteiger partial charge in [0.15, 0.2) is 0 Å². The van der Waals surface area contributed by atoms with E-state index in [0.717, 1.165) is 25.8 Å². The molecule has 0 aliphatic heterocycles. The average Bonchev–Trinajstić information content (AvgIpc) is 2.76. The van der Waals surface area contributed by atoms with Crippen LogP contribution < -0.4 is 5.32 Å². The molecule has 2 aliphatic rings. The number of carbonyl (C=O) groups excluding carboxylic acids is 1. The van der Waals surface area contributed by atoms with Crippen LogP contribution in [0.1, 0.15) is 51.4 Å². The summed E-state index contributed by atoms with van der Waals surface area (Å²) < 4.78 is 0. The van der Waals surface area contributed by atoms with Gasteiger partial charge in [-0.3, -0.25) is 9.69 Å². The molecule has 0 radical (unpaired) electrons. The number of carbonyl (C=O) groups is 1. The highest BCUT2D eigenvalue weighted by Gasteiger charge is 2.27. The van der Waals surface area contributed by atoms with E-state index in [1.165, 1.54) is 32.1 Å². The van der Waals surface area contributed by atoms with Crippen LogP contribution in [0.2, 0.25) is 0 Å². The Bertz CT molecular complexity index is 261. The predicted octanol–water partition coefficient (Wildman–Crippen LogP) is 1.28. The smallest absolute Gasteiger partial charge is 0.234 e. The van der Waals surface area contributed by atoms with E-state index in [4.69, 9.17) is 5.11 Å². The van der Waals surface area contributed by atoms with Crippen molar-refractivity contribution in [3.63, 3.8) is 0 Å². The minimum Gasteiger partial charge on any atom is -0.396 e. The van der Waals surface area contributed by atoms with Crippen LogP contribution in [0.25, 0.3) is 0 Å². The maximum Gasteiger partial charge on any atom is 0.234 e. The second-order valence-corrected chi connectivity index (χ2v) is 5.68. The number of aliphatic hydroxyl groups excluding tert-OH is 1. The topological polar surface area (TPSA) is 52.6 Å². The van der Waals surface area contributed by atoms with Gasteiger partial charge in [0, 0.05) is 25.2 Å². The summed E-state index contributed by atoms with van der Waals surface area (Å²) in [6, 6.07) is 0.990. The molecule has 4 nitrogen and oxygen atoms in total. The molecule has 0 saturated heterocycles. The maximum atomic E-state index is 12.0. The van der Waals surface area contributed by atoms with Crippen LogP contribution >= 0.6 is 0 Å². The highest BCUT2D eigenvalue weighted by molar-refractivity contribution is 5.78. The number of nitrogens with one attached hydrogen (secondary N) is 1. The van der Waals surface area contributed by atoms with Crippen molar-refractivity contribution >= 4 is 5.91 Å². The Kier molecular flexibility index (Phi) is 5.45. The molecule has 2 saturated carbocycles. The second kappa shape index (κ2) is 7.10. The van der Waals surface area contributed by atoms with Crippen molar-refractivity contribution in [2.45, 2.75) is 63.5 Å². The van der Waals surface area contributed by atoms with Crippen molar-refractivity contribution in [3.05, 3.63) is 0 Å². The van der Waals surface area contributed by atoms with Crippen molar-refractivity contribution in [3.8, 4) is 0 Å². The molecular formula is C14H26N2O2. The molecule has 0 aromatic heterocycles. The fraction of sp³-hybridized carbons (Fsp3) is 0.929. The lowest BCUT2D eigenvalue weighted by molar-refractivity contribution is -0.124. The van der Waals surface area contributed by atoms with E-state index >= 15 is 0 Å². The normalized spacial score (nSPS) is 21.2. The monoisotopic (exact) mass is 254 g/mol. The van der Waals surface area contributed by atoms with Gasteiger partial charge in [0.2, 0.25) is 5.91 Å². The molecule has 0 bridgehead atoms. The lowest BCUT2D eigenvalue weighted by Gasteiger charge is -2.37. The SMILES string of the molecule is O=C(CN(CCCO)C1CCC1)NC1CCCC1. The first-order valence-corrected chi connectivity index (χ1v) is 7.44. The van der Waals surface area contributed by atoms with E-state index in [0.29, 0.717) is 18.6 Å². The number of nitrogens with zero attached hydrogens (tertiary/aromatic N) is 1. The molecule has 18 heavy (non-hydrogen) atoms. The highest BCUT2D eigenvalue weighted by atomic mass is 16.3. The molecule has 2 aliphatic carbocycles. The standard InChI is InChI=1S/C14H26N2O2/c17-10-4-9-16(13-7-3-8-13)11-14(18)15-12-5-1-2-6-12/h12-13,17H,1-11H2,(H,15,18). The first kappa shape index (κ1) is 13.8. The van der Waals surface area contributed by atoms with Gasteiger partial charge >= 0.3 is 0 Å². The Balaban J connectivity index is 1.73. The number of aliphatic hydroxyl groups is 1. The summed E-state index contributed by atoms with van der Waals surface area (Å²) in [5.74, 6) is 0.173. The lowest BCUT2D eigenvalue weighted by atomic mass is 9.91. The molecule has 2 N–H and O–H groups in total. The maximum absolute atomic E-state index is 12.0. The van der Waals surface area contributed by atoms with Gasteiger partial charge in [0.25, 0.3) is 0 Å². The molecule has 0 atom stereocenters.